The molecule has 0 aromatic carbocycles. The maximum absolute atomic E-state index is 11.7. The number of amides is 2. The molecule has 1 aliphatic rings. The van der Waals surface area contributed by atoms with Gasteiger partial charge in [-0.3, -0.25) is 14.9 Å². The van der Waals surface area contributed by atoms with E-state index in [0.717, 1.165) is 0 Å². The zero-order valence-corrected chi connectivity index (χ0v) is 9.96. The minimum Gasteiger partial charge on any atom is -0.382 e. The van der Waals surface area contributed by atoms with E-state index in [9.17, 15) is 9.59 Å². The standard InChI is InChI=1S/C11H12N6O2/c12-7-5-17-4-3-13-10(17)9(15-7)14-6-1-2-8(18)16-11(6)19/h3-6H,1-2,12H2,(H,14,15)(H,16,18,19). The Labute approximate surface area is 108 Å². The predicted octanol–water partition coefficient (Wildman–Crippen LogP) is -0.471. The van der Waals surface area contributed by atoms with E-state index in [1.165, 1.54) is 0 Å². The first kappa shape index (κ1) is 11.5. The zero-order chi connectivity index (χ0) is 13.4. The number of hydrogen-bond acceptors (Lipinski definition) is 6. The van der Waals surface area contributed by atoms with Crippen LogP contribution in [-0.2, 0) is 9.59 Å². The van der Waals surface area contributed by atoms with Crippen LogP contribution in [0.4, 0.5) is 11.6 Å². The van der Waals surface area contributed by atoms with Gasteiger partial charge in [-0.1, -0.05) is 0 Å². The third-order valence-electron chi connectivity index (χ3n) is 2.94. The molecule has 0 bridgehead atoms. The summed E-state index contributed by atoms with van der Waals surface area (Å²) in [6.07, 6.45) is 5.72. The maximum atomic E-state index is 11.7. The molecule has 2 aromatic heterocycles. The van der Waals surface area contributed by atoms with Crippen molar-refractivity contribution >= 4 is 29.1 Å². The molecule has 19 heavy (non-hydrogen) atoms. The van der Waals surface area contributed by atoms with Gasteiger partial charge in [-0.05, 0) is 6.42 Å². The summed E-state index contributed by atoms with van der Waals surface area (Å²) in [5.74, 6) is 0.138. The van der Waals surface area contributed by atoms with E-state index < -0.39 is 6.04 Å². The van der Waals surface area contributed by atoms with E-state index in [2.05, 4.69) is 20.6 Å². The molecule has 2 amide bonds. The van der Waals surface area contributed by atoms with E-state index in [0.29, 0.717) is 30.1 Å². The van der Waals surface area contributed by atoms with E-state index in [4.69, 9.17) is 5.73 Å². The monoisotopic (exact) mass is 260 g/mol. The summed E-state index contributed by atoms with van der Waals surface area (Å²) < 4.78 is 1.72. The van der Waals surface area contributed by atoms with Crippen LogP contribution in [0.3, 0.4) is 0 Å². The smallest absolute Gasteiger partial charge is 0.249 e. The van der Waals surface area contributed by atoms with Crippen LogP contribution in [0, 0.1) is 0 Å². The van der Waals surface area contributed by atoms with Crippen LogP contribution in [0.2, 0.25) is 0 Å². The van der Waals surface area contributed by atoms with Crippen LogP contribution in [0.25, 0.3) is 5.65 Å². The van der Waals surface area contributed by atoms with Gasteiger partial charge in [0.2, 0.25) is 11.8 Å². The summed E-state index contributed by atoms with van der Waals surface area (Å²) in [4.78, 5) is 31.1. The number of hydrogen-bond donors (Lipinski definition) is 3. The molecule has 0 spiro atoms. The Bertz CT molecular complexity index is 664. The number of imidazole rings is 1. The molecule has 3 heterocycles. The van der Waals surface area contributed by atoms with E-state index in [-0.39, 0.29) is 11.8 Å². The first-order chi connectivity index (χ1) is 9.13. The molecular weight excluding hydrogens is 248 g/mol. The largest absolute Gasteiger partial charge is 0.382 e. The van der Waals surface area contributed by atoms with Crippen LogP contribution >= 0.6 is 0 Å². The van der Waals surface area contributed by atoms with Gasteiger partial charge in [0.05, 0.1) is 6.20 Å². The van der Waals surface area contributed by atoms with E-state index >= 15 is 0 Å². The number of carbonyl (C=O) groups excluding carboxylic acids is 2. The van der Waals surface area contributed by atoms with Crippen molar-refractivity contribution in [3.05, 3.63) is 18.6 Å². The van der Waals surface area contributed by atoms with Crippen LogP contribution < -0.4 is 16.4 Å². The number of nitrogens with two attached hydrogens (primary N) is 1. The zero-order valence-electron chi connectivity index (χ0n) is 9.96. The number of rotatable bonds is 2. The molecular formula is C11H12N6O2. The third kappa shape index (κ3) is 2.07. The number of anilines is 2. The lowest BCUT2D eigenvalue weighted by atomic mass is 10.1. The fourth-order valence-corrected chi connectivity index (χ4v) is 2.04. The fourth-order valence-electron chi connectivity index (χ4n) is 2.04. The van der Waals surface area contributed by atoms with Crippen LogP contribution in [0.5, 0.6) is 0 Å². The van der Waals surface area contributed by atoms with E-state index in [1.54, 1.807) is 23.0 Å². The highest BCUT2D eigenvalue weighted by Gasteiger charge is 2.27. The molecule has 0 saturated carbocycles. The molecule has 0 radical (unpaired) electrons. The van der Waals surface area contributed by atoms with Gasteiger partial charge in [0.1, 0.15) is 11.9 Å². The van der Waals surface area contributed by atoms with Crippen molar-refractivity contribution in [2.45, 2.75) is 18.9 Å². The van der Waals surface area contributed by atoms with Crippen molar-refractivity contribution < 1.29 is 9.59 Å². The summed E-state index contributed by atoms with van der Waals surface area (Å²) in [6.45, 7) is 0. The fraction of sp³-hybridized carbons (Fsp3) is 0.273. The van der Waals surface area contributed by atoms with Crippen molar-refractivity contribution in [1.82, 2.24) is 19.7 Å². The summed E-state index contributed by atoms with van der Waals surface area (Å²) in [5.41, 5.74) is 6.27. The molecule has 1 unspecified atom stereocenters. The number of nitrogens with one attached hydrogen (secondary N) is 2. The minimum atomic E-state index is -0.507. The second-order valence-corrected chi connectivity index (χ2v) is 4.32. The Kier molecular flexibility index (Phi) is 2.55. The Balaban J connectivity index is 1.91. The van der Waals surface area contributed by atoms with Gasteiger partial charge in [0.25, 0.3) is 0 Å². The molecule has 2 aromatic rings. The SMILES string of the molecule is Nc1cn2ccnc2c(NC2CCC(=O)NC2=O)n1. The van der Waals surface area contributed by atoms with Gasteiger partial charge in [-0.2, -0.15) is 0 Å². The average Bonchev–Trinajstić information content (AvgIpc) is 2.80. The molecule has 1 atom stereocenters. The minimum absolute atomic E-state index is 0.255. The molecule has 98 valence electrons. The number of imide groups is 1. The molecule has 8 nitrogen and oxygen atoms in total. The van der Waals surface area contributed by atoms with E-state index in [1.807, 2.05) is 0 Å². The van der Waals surface area contributed by atoms with Crippen molar-refractivity contribution in [3.8, 4) is 0 Å². The molecule has 1 aliphatic heterocycles. The molecule has 8 heteroatoms. The van der Waals surface area contributed by atoms with Crippen LogP contribution in [0.1, 0.15) is 12.8 Å². The van der Waals surface area contributed by atoms with Crippen LogP contribution in [-0.4, -0.2) is 32.2 Å². The molecule has 4 N–H and O–H groups in total. The summed E-state index contributed by atoms with van der Waals surface area (Å²) >= 11 is 0. The molecule has 3 rings (SSSR count). The molecule has 0 aliphatic carbocycles. The highest BCUT2D eigenvalue weighted by Crippen LogP contribution is 2.18. The van der Waals surface area contributed by atoms with Crippen molar-refractivity contribution in [1.29, 1.82) is 0 Å². The highest BCUT2D eigenvalue weighted by molar-refractivity contribution is 6.01. The lowest BCUT2D eigenvalue weighted by Crippen LogP contribution is -2.47. The van der Waals surface area contributed by atoms with Crippen molar-refractivity contribution in [2.24, 2.45) is 0 Å². The normalized spacial score (nSPS) is 19.5. The van der Waals surface area contributed by atoms with Gasteiger partial charge < -0.3 is 15.5 Å². The molecule has 1 saturated heterocycles. The number of piperidine rings is 1. The summed E-state index contributed by atoms with van der Waals surface area (Å²) in [7, 11) is 0. The highest BCUT2D eigenvalue weighted by atomic mass is 16.2. The van der Waals surface area contributed by atoms with Gasteiger partial charge in [-0.25, -0.2) is 9.97 Å². The number of carbonyl (C=O) groups is 2. The topological polar surface area (TPSA) is 114 Å². The molecule has 1 fully saturated rings. The average molecular weight is 260 g/mol. The quantitative estimate of drug-likeness (QED) is 0.629. The lowest BCUT2D eigenvalue weighted by molar-refractivity contribution is -0.133. The Morgan fingerprint density at radius 3 is 3.11 bits per heavy atom. The van der Waals surface area contributed by atoms with Gasteiger partial charge in [0, 0.05) is 18.8 Å². The number of nitrogens with zero attached hydrogens (tertiary/aromatic N) is 3. The number of nitrogen functional groups attached to an aromatic ring is 1. The Morgan fingerprint density at radius 2 is 2.32 bits per heavy atom. The third-order valence-corrected chi connectivity index (χ3v) is 2.94. The van der Waals surface area contributed by atoms with Crippen LogP contribution in [0.15, 0.2) is 18.6 Å². The number of aromatic nitrogens is 3. The van der Waals surface area contributed by atoms with Crippen molar-refractivity contribution in [2.75, 3.05) is 11.1 Å². The van der Waals surface area contributed by atoms with Gasteiger partial charge in [-0.15, -0.1) is 0 Å². The first-order valence-electron chi connectivity index (χ1n) is 5.83. The lowest BCUT2D eigenvalue weighted by Gasteiger charge is -2.22. The summed E-state index contributed by atoms with van der Waals surface area (Å²) in [5, 5.41) is 5.26. The summed E-state index contributed by atoms with van der Waals surface area (Å²) in [6, 6.07) is -0.507. The maximum Gasteiger partial charge on any atom is 0.249 e. The Morgan fingerprint density at radius 1 is 1.47 bits per heavy atom. The first-order valence-corrected chi connectivity index (χ1v) is 5.83. The number of fused-ring (bicyclic) bond motifs is 1. The second-order valence-electron chi connectivity index (χ2n) is 4.32. The van der Waals surface area contributed by atoms with Gasteiger partial charge >= 0.3 is 0 Å². The predicted molar refractivity (Wildman–Crippen MR) is 67.2 cm³/mol. The van der Waals surface area contributed by atoms with Crippen molar-refractivity contribution in [3.63, 3.8) is 0 Å². The second kappa shape index (κ2) is 4.23. The Hall–Kier alpha value is -2.64. The van der Waals surface area contributed by atoms with Gasteiger partial charge in [0.15, 0.2) is 11.5 Å².